The molecule has 0 aliphatic heterocycles. The fraction of sp³-hybridized carbons (Fsp3) is 0.143. The van der Waals surface area contributed by atoms with Crippen molar-refractivity contribution in [1.29, 1.82) is 0 Å². The lowest BCUT2D eigenvalue weighted by Crippen LogP contribution is -2.05. The van der Waals surface area contributed by atoms with Crippen molar-refractivity contribution >= 4 is 21.6 Å². The molecule has 0 aliphatic rings. The molecule has 0 spiro atoms. The highest BCUT2D eigenvalue weighted by Gasteiger charge is 2.10. The van der Waals surface area contributed by atoms with E-state index < -0.39 is 11.6 Å². The Hall–Kier alpha value is -1.42. The van der Waals surface area contributed by atoms with Gasteiger partial charge < -0.3 is 5.32 Å². The molecular formula is C14H12BrF2N. The Morgan fingerprint density at radius 3 is 2.33 bits per heavy atom. The van der Waals surface area contributed by atoms with Crippen molar-refractivity contribution in [2.24, 2.45) is 0 Å². The largest absolute Gasteiger partial charge is 0.376 e. The van der Waals surface area contributed by atoms with E-state index in [0.29, 0.717) is 11.0 Å². The van der Waals surface area contributed by atoms with Crippen molar-refractivity contribution in [3.63, 3.8) is 0 Å². The van der Waals surface area contributed by atoms with Gasteiger partial charge in [0.1, 0.15) is 17.3 Å². The van der Waals surface area contributed by atoms with Crippen molar-refractivity contribution < 1.29 is 8.78 Å². The zero-order valence-electron chi connectivity index (χ0n) is 9.81. The second-order valence-corrected chi connectivity index (χ2v) is 4.94. The highest BCUT2D eigenvalue weighted by Crippen LogP contribution is 2.24. The molecule has 0 saturated carbocycles. The number of hydrogen-bond donors (Lipinski definition) is 1. The maximum atomic E-state index is 13.6. The SMILES string of the molecule is Cc1ccccc1CNc1c(F)cc(Br)cc1F. The van der Waals surface area contributed by atoms with Gasteiger partial charge in [-0.1, -0.05) is 40.2 Å². The third-order valence-electron chi connectivity index (χ3n) is 2.72. The lowest BCUT2D eigenvalue weighted by Gasteiger charge is -2.11. The Morgan fingerprint density at radius 1 is 1.11 bits per heavy atom. The van der Waals surface area contributed by atoms with Gasteiger partial charge >= 0.3 is 0 Å². The van der Waals surface area contributed by atoms with E-state index in [0.717, 1.165) is 11.1 Å². The van der Waals surface area contributed by atoms with Crippen molar-refractivity contribution in [2.75, 3.05) is 5.32 Å². The maximum Gasteiger partial charge on any atom is 0.150 e. The third-order valence-corrected chi connectivity index (χ3v) is 3.18. The number of benzene rings is 2. The van der Waals surface area contributed by atoms with E-state index in [1.165, 1.54) is 12.1 Å². The van der Waals surface area contributed by atoms with E-state index in [2.05, 4.69) is 21.2 Å². The van der Waals surface area contributed by atoms with E-state index >= 15 is 0 Å². The summed E-state index contributed by atoms with van der Waals surface area (Å²) in [6.45, 7) is 2.35. The monoisotopic (exact) mass is 311 g/mol. The molecule has 0 fully saturated rings. The summed E-state index contributed by atoms with van der Waals surface area (Å²) in [5.74, 6) is -1.20. The van der Waals surface area contributed by atoms with Gasteiger partial charge in [0.25, 0.3) is 0 Å². The van der Waals surface area contributed by atoms with Crippen molar-refractivity contribution in [3.8, 4) is 0 Å². The molecule has 0 atom stereocenters. The molecule has 18 heavy (non-hydrogen) atoms. The molecule has 1 N–H and O–H groups in total. The summed E-state index contributed by atoms with van der Waals surface area (Å²) in [4.78, 5) is 0. The van der Waals surface area contributed by atoms with Crippen LogP contribution >= 0.6 is 15.9 Å². The molecule has 2 rings (SSSR count). The summed E-state index contributed by atoms with van der Waals surface area (Å²) in [6.07, 6.45) is 0. The van der Waals surface area contributed by atoms with Crippen LogP contribution in [0, 0.1) is 18.6 Å². The quantitative estimate of drug-likeness (QED) is 0.870. The summed E-state index contributed by atoms with van der Waals surface area (Å²) in [5, 5.41) is 2.79. The minimum atomic E-state index is -0.601. The number of rotatable bonds is 3. The Kier molecular flexibility index (Phi) is 3.97. The highest BCUT2D eigenvalue weighted by atomic mass is 79.9. The molecule has 4 heteroatoms. The molecule has 94 valence electrons. The zero-order chi connectivity index (χ0) is 13.1. The van der Waals surface area contributed by atoms with Gasteiger partial charge in [-0.15, -0.1) is 0 Å². The molecule has 1 nitrogen and oxygen atoms in total. The van der Waals surface area contributed by atoms with Crippen LogP contribution in [0.15, 0.2) is 40.9 Å². The third kappa shape index (κ3) is 2.88. The van der Waals surface area contributed by atoms with Crippen LogP contribution in [-0.4, -0.2) is 0 Å². The molecule has 0 aromatic heterocycles. The van der Waals surface area contributed by atoms with Crippen LogP contribution in [0.4, 0.5) is 14.5 Å². The van der Waals surface area contributed by atoms with Gasteiger partial charge in [0.15, 0.2) is 0 Å². The van der Waals surface area contributed by atoms with Crippen LogP contribution in [0.2, 0.25) is 0 Å². The first-order valence-corrected chi connectivity index (χ1v) is 6.30. The van der Waals surface area contributed by atoms with E-state index in [-0.39, 0.29) is 5.69 Å². The molecule has 0 heterocycles. The molecular weight excluding hydrogens is 300 g/mol. The fourth-order valence-electron chi connectivity index (χ4n) is 1.70. The Labute approximate surface area is 113 Å². The van der Waals surface area contributed by atoms with Gasteiger partial charge in [0.2, 0.25) is 0 Å². The van der Waals surface area contributed by atoms with Crippen LogP contribution in [0.25, 0.3) is 0 Å². The second kappa shape index (κ2) is 5.48. The van der Waals surface area contributed by atoms with E-state index in [1.54, 1.807) is 0 Å². The van der Waals surface area contributed by atoms with Gasteiger partial charge in [0, 0.05) is 11.0 Å². The molecule has 0 amide bonds. The second-order valence-electron chi connectivity index (χ2n) is 4.02. The summed E-state index contributed by atoms with van der Waals surface area (Å²) < 4.78 is 27.6. The van der Waals surface area contributed by atoms with Crippen LogP contribution in [-0.2, 0) is 6.54 Å². The predicted molar refractivity (Wildman–Crippen MR) is 72.6 cm³/mol. The normalized spacial score (nSPS) is 10.4. The molecule has 0 unspecified atom stereocenters. The Balaban J connectivity index is 2.19. The van der Waals surface area contributed by atoms with Gasteiger partial charge in [-0.3, -0.25) is 0 Å². The van der Waals surface area contributed by atoms with Crippen molar-refractivity contribution in [1.82, 2.24) is 0 Å². The molecule has 0 radical (unpaired) electrons. The minimum Gasteiger partial charge on any atom is -0.376 e. The number of anilines is 1. The molecule has 0 aliphatic carbocycles. The maximum absolute atomic E-state index is 13.6. The predicted octanol–water partition coefficient (Wildman–Crippen LogP) is 4.65. The smallest absolute Gasteiger partial charge is 0.150 e. The van der Waals surface area contributed by atoms with Gasteiger partial charge in [-0.25, -0.2) is 8.78 Å². The number of aryl methyl sites for hydroxylation is 1. The zero-order valence-corrected chi connectivity index (χ0v) is 11.4. The first-order chi connectivity index (χ1) is 8.58. The van der Waals surface area contributed by atoms with E-state index in [1.807, 2.05) is 31.2 Å². The van der Waals surface area contributed by atoms with Gasteiger partial charge in [-0.2, -0.15) is 0 Å². The lowest BCUT2D eigenvalue weighted by molar-refractivity contribution is 0.586. The van der Waals surface area contributed by atoms with Crippen LogP contribution < -0.4 is 5.32 Å². The Bertz CT molecular complexity index is 546. The molecule has 2 aromatic carbocycles. The topological polar surface area (TPSA) is 12.0 Å². The minimum absolute atomic E-state index is 0.0959. The average Bonchev–Trinajstić information content (AvgIpc) is 2.30. The number of nitrogens with one attached hydrogen (secondary N) is 1. The highest BCUT2D eigenvalue weighted by molar-refractivity contribution is 9.10. The van der Waals surface area contributed by atoms with Gasteiger partial charge in [-0.05, 0) is 30.2 Å². The summed E-state index contributed by atoms with van der Waals surface area (Å²) >= 11 is 3.05. The number of halogens is 3. The summed E-state index contributed by atoms with van der Waals surface area (Å²) in [6, 6.07) is 10.2. The van der Waals surface area contributed by atoms with Crippen LogP contribution in [0.5, 0.6) is 0 Å². The number of hydrogen-bond acceptors (Lipinski definition) is 1. The van der Waals surface area contributed by atoms with E-state index in [4.69, 9.17) is 0 Å². The summed E-state index contributed by atoms with van der Waals surface area (Å²) in [5.41, 5.74) is 2.00. The van der Waals surface area contributed by atoms with Crippen molar-refractivity contribution in [2.45, 2.75) is 13.5 Å². The standard InChI is InChI=1S/C14H12BrF2N/c1-9-4-2-3-5-10(9)8-18-14-12(16)6-11(15)7-13(14)17/h2-7,18H,8H2,1H3. The first kappa shape index (κ1) is 13.0. The summed E-state index contributed by atoms with van der Waals surface area (Å²) in [7, 11) is 0. The fourth-order valence-corrected chi connectivity index (χ4v) is 2.11. The van der Waals surface area contributed by atoms with Crippen molar-refractivity contribution in [3.05, 3.63) is 63.6 Å². The van der Waals surface area contributed by atoms with Crippen LogP contribution in [0.3, 0.4) is 0 Å². The lowest BCUT2D eigenvalue weighted by atomic mass is 10.1. The van der Waals surface area contributed by atoms with E-state index in [9.17, 15) is 8.78 Å². The molecule has 2 aromatic rings. The Morgan fingerprint density at radius 2 is 1.72 bits per heavy atom. The van der Waals surface area contributed by atoms with Gasteiger partial charge in [0.05, 0.1) is 0 Å². The first-order valence-electron chi connectivity index (χ1n) is 5.51. The molecule has 0 bridgehead atoms. The average molecular weight is 312 g/mol. The molecule has 0 saturated heterocycles. The van der Waals surface area contributed by atoms with Crippen LogP contribution in [0.1, 0.15) is 11.1 Å².